The quantitative estimate of drug-likeness (QED) is 0.766. The van der Waals surface area contributed by atoms with Crippen molar-refractivity contribution in [2.75, 3.05) is 0 Å². The largest absolute Gasteiger partial charge is 0.294 e. The second-order valence-electron chi connectivity index (χ2n) is 4.22. The SMILES string of the molecule is Cc1ccc(C#N)cc1CC(=O)c1ccccc1. The van der Waals surface area contributed by atoms with Crippen molar-refractivity contribution in [2.45, 2.75) is 13.3 Å². The molecule has 0 fully saturated rings. The third kappa shape index (κ3) is 2.64. The Labute approximate surface area is 107 Å². The van der Waals surface area contributed by atoms with Crippen LogP contribution in [0.1, 0.15) is 27.0 Å². The van der Waals surface area contributed by atoms with Crippen molar-refractivity contribution in [1.29, 1.82) is 5.26 Å². The molecule has 0 aromatic heterocycles. The van der Waals surface area contributed by atoms with E-state index in [1.54, 1.807) is 12.1 Å². The average molecular weight is 235 g/mol. The van der Waals surface area contributed by atoms with Crippen molar-refractivity contribution in [3.8, 4) is 6.07 Å². The lowest BCUT2D eigenvalue weighted by Crippen LogP contribution is -2.04. The molecule has 2 nitrogen and oxygen atoms in total. The van der Waals surface area contributed by atoms with Gasteiger partial charge in [-0.15, -0.1) is 0 Å². The molecule has 0 aliphatic carbocycles. The number of aryl methyl sites for hydroxylation is 1. The van der Waals surface area contributed by atoms with Crippen LogP contribution in [0.2, 0.25) is 0 Å². The molecule has 0 amide bonds. The molecule has 18 heavy (non-hydrogen) atoms. The predicted molar refractivity (Wildman–Crippen MR) is 70.4 cm³/mol. The maximum Gasteiger partial charge on any atom is 0.167 e. The molecular formula is C16H13NO. The number of benzene rings is 2. The van der Waals surface area contributed by atoms with Crippen LogP contribution in [-0.2, 0) is 6.42 Å². The number of ketones is 1. The molecule has 0 saturated carbocycles. The number of nitrogens with zero attached hydrogens (tertiary/aromatic N) is 1. The average Bonchev–Trinajstić information content (AvgIpc) is 2.42. The molecule has 0 aliphatic rings. The minimum atomic E-state index is 0.0776. The van der Waals surface area contributed by atoms with Crippen LogP contribution in [-0.4, -0.2) is 5.78 Å². The van der Waals surface area contributed by atoms with E-state index in [0.29, 0.717) is 17.5 Å². The summed E-state index contributed by atoms with van der Waals surface area (Å²) in [6.07, 6.45) is 0.339. The summed E-state index contributed by atoms with van der Waals surface area (Å²) in [6, 6.07) is 16.8. The number of hydrogen-bond donors (Lipinski definition) is 0. The fourth-order valence-electron chi connectivity index (χ4n) is 1.83. The number of rotatable bonds is 3. The number of nitriles is 1. The van der Waals surface area contributed by atoms with Crippen molar-refractivity contribution in [2.24, 2.45) is 0 Å². The van der Waals surface area contributed by atoms with E-state index in [4.69, 9.17) is 5.26 Å². The molecule has 0 unspecified atom stereocenters. The van der Waals surface area contributed by atoms with Gasteiger partial charge in [0.1, 0.15) is 0 Å². The smallest absolute Gasteiger partial charge is 0.167 e. The molecular weight excluding hydrogens is 222 g/mol. The molecule has 0 heterocycles. The van der Waals surface area contributed by atoms with Crippen LogP contribution < -0.4 is 0 Å². The lowest BCUT2D eigenvalue weighted by atomic mass is 9.98. The van der Waals surface area contributed by atoms with Crippen molar-refractivity contribution < 1.29 is 4.79 Å². The molecule has 0 radical (unpaired) electrons. The van der Waals surface area contributed by atoms with E-state index in [1.807, 2.05) is 43.3 Å². The van der Waals surface area contributed by atoms with Gasteiger partial charge in [0.2, 0.25) is 0 Å². The monoisotopic (exact) mass is 235 g/mol. The van der Waals surface area contributed by atoms with Crippen LogP contribution in [0.3, 0.4) is 0 Å². The number of carbonyl (C=O) groups is 1. The molecule has 88 valence electrons. The molecule has 2 rings (SSSR count). The maximum atomic E-state index is 12.1. The van der Waals surface area contributed by atoms with Gasteiger partial charge in [0.15, 0.2) is 5.78 Å². The number of hydrogen-bond acceptors (Lipinski definition) is 2. The molecule has 2 heteroatoms. The van der Waals surface area contributed by atoms with Gasteiger partial charge in [-0.1, -0.05) is 36.4 Å². The molecule has 0 atom stereocenters. The molecule has 2 aromatic rings. The van der Waals surface area contributed by atoms with Gasteiger partial charge in [-0.3, -0.25) is 4.79 Å². The highest BCUT2D eigenvalue weighted by atomic mass is 16.1. The van der Waals surface area contributed by atoms with E-state index in [9.17, 15) is 4.79 Å². The zero-order valence-corrected chi connectivity index (χ0v) is 10.2. The second kappa shape index (κ2) is 5.29. The Bertz CT molecular complexity index is 609. The third-order valence-electron chi connectivity index (χ3n) is 2.93. The van der Waals surface area contributed by atoms with Crippen molar-refractivity contribution in [1.82, 2.24) is 0 Å². The first-order valence-corrected chi connectivity index (χ1v) is 5.78. The summed E-state index contributed by atoms with van der Waals surface area (Å²) in [4.78, 5) is 12.1. The van der Waals surface area contributed by atoms with E-state index in [1.165, 1.54) is 0 Å². The fraction of sp³-hybridized carbons (Fsp3) is 0.125. The van der Waals surface area contributed by atoms with E-state index >= 15 is 0 Å². The Balaban J connectivity index is 2.25. The van der Waals surface area contributed by atoms with Gasteiger partial charge in [-0.05, 0) is 30.2 Å². The number of carbonyl (C=O) groups excluding carboxylic acids is 1. The highest BCUT2D eigenvalue weighted by Gasteiger charge is 2.09. The molecule has 0 spiro atoms. The topological polar surface area (TPSA) is 40.9 Å². The molecule has 0 aliphatic heterocycles. The molecule has 2 aromatic carbocycles. The van der Waals surface area contributed by atoms with Crippen LogP contribution in [0.25, 0.3) is 0 Å². The first kappa shape index (κ1) is 12.1. The maximum absolute atomic E-state index is 12.1. The Morgan fingerprint density at radius 2 is 1.89 bits per heavy atom. The van der Waals surface area contributed by atoms with E-state index < -0.39 is 0 Å². The highest BCUT2D eigenvalue weighted by molar-refractivity contribution is 5.97. The van der Waals surface area contributed by atoms with E-state index in [2.05, 4.69) is 6.07 Å². The van der Waals surface area contributed by atoms with Gasteiger partial charge in [0, 0.05) is 12.0 Å². The zero-order chi connectivity index (χ0) is 13.0. The van der Waals surface area contributed by atoms with Crippen LogP contribution in [0.15, 0.2) is 48.5 Å². The van der Waals surface area contributed by atoms with Crippen molar-refractivity contribution in [3.63, 3.8) is 0 Å². The Hall–Kier alpha value is -2.40. The van der Waals surface area contributed by atoms with Gasteiger partial charge in [-0.2, -0.15) is 5.26 Å². The lowest BCUT2D eigenvalue weighted by Gasteiger charge is -2.05. The molecule has 0 N–H and O–H groups in total. The van der Waals surface area contributed by atoms with Crippen LogP contribution in [0, 0.1) is 18.3 Å². The standard InChI is InChI=1S/C16H13NO/c1-12-7-8-13(11-17)9-15(12)10-16(18)14-5-3-2-4-6-14/h2-9H,10H2,1H3. The summed E-state index contributed by atoms with van der Waals surface area (Å²) in [5.41, 5.74) is 3.26. The molecule has 0 saturated heterocycles. The summed E-state index contributed by atoms with van der Waals surface area (Å²) in [6.45, 7) is 1.95. The van der Waals surface area contributed by atoms with E-state index in [-0.39, 0.29) is 5.78 Å². The summed E-state index contributed by atoms with van der Waals surface area (Å²) in [5.74, 6) is 0.0776. The van der Waals surface area contributed by atoms with Crippen molar-refractivity contribution >= 4 is 5.78 Å². The predicted octanol–water partition coefficient (Wildman–Crippen LogP) is 3.29. The van der Waals surface area contributed by atoms with Crippen molar-refractivity contribution in [3.05, 3.63) is 70.8 Å². The normalized spacial score (nSPS) is 9.78. The van der Waals surface area contributed by atoms with E-state index in [0.717, 1.165) is 11.1 Å². The first-order chi connectivity index (χ1) is 8.70. The summed E-state index contributed by atoms with van der Waals surface area (Å²) < 4.78 is 0. The summed E-state index contributed by atoms with van der Waals surface area (Å²) in [7, 11) is 0. The lowest BCUT2D eigenvalue weighted by molar-refractivity contribution is 0.0993. The zero-order valence-electron chi connectivity index (χ0n) is 10.2. The minimum Gasteiger partial charge on any atom is -0.294 e. The highest BCUT2D eigenvalue weighted by Crippen LogP contribution is 2.14. The third-order valence-corrected chi connectivity index (χ3v) is 2.93. The molecule has 0 bridgehead atoms. The van der Waals surface area contributed by atoms with Gasteiger partial charge in [0.05, 0.1) is 11.6 Å². The summed E-state index contributed by atoms with van der Waals surface area (Å²) in [5, 5.41) is 8.87. The van der Waals surface area contributed by atoms with Gasteiger partial charge in [-0.25, -0.2) is 0 Å². The first-order valence-electron chi connectivity index (χ1n) is 5.78. The number of Topliss-reactive ketones (excluding diaryl/α,β-unsaturated/α-hetero) is 1. The second-order valence-corrected chi connectivity index (χ2v) is 4.22. The van der Waals surface area contributed by atoms with Gasteiger partial charge < -0.3 is 0 Å². The minimum absolute atomic E-state index is 0.0776. The Kier molecular flexibility index (Phi) is 3.54. The Morgan fingerprint density at radius 1 is 1.17 bits per heavy atom. The van der Waals surface area contributed by atoms with Crippen LogP contribution >= 0.6 is 0 Å². The van der Waals surface area contributed by atoms with Crippen LogP contribution in [0.4, 0.5) is 0 Å². The summed E-state index contributed by atoms with van der Waals surface area (Å²) >= 11 is 0. The van der Waals surface area contributed by atoms with Gasteiger partial charge >= 0.3 is 0 Å². The fourth-order valence-corrected chi connectivity index (χ4v) is 1.83. The van der Waals surface area contributed by atoms with Gasteiger partial charge in [0.25, 0.3) is 0 Å². The Morgan fingerprint density at radius 3 is 2.56 bits per heavy atom. The van der Waals surface area contributed by atoms with Crippen LogP contribution in [0.5, 0.6) is 0 Å².